The van der Waals surface area contributed by atoms with Crippen LogP contribution in [0.5, 0.6) is 0 Å². The van der Waals surface area contributed by atoms with E-state index in [0.29, 0.717) is 13.2 Å². The summed E-state index contributed by atoms with van der Waals surface area (Å²) in [6.45, 7) is 6.77. The fourth-order valence-electron chi connectivity index (χ4n) is 1.76. The average molecular weight is 316 g/mol. The Hall–Kier alpha value is -0.900. The minimum absolute atomic E-state index is 0. The van der Waals surface area contributed by atoms with Crippen molar-refractivity contribution in [3.63, 3.8) is 0 Å². The first-order chi connectivity index (χ1) is 8.17. The molecule has 0 aromatic carbocycles. The summed E-state index contributed by atoms with van der Waals surface area (Å²) in [5.74, 6) is -0.179. The third-order valence-electron chi connectivity index (χ3n) is 2.74. The van der Waals surface area contributed by atoms with Gasteiger partial charge in [0.2, 0.25) is 6.54 Å². The Bertz CT molecular complexity index is 380. The highest BCUT2D eigenvalue weighted by Gasteiger charge is 2.13. The van der Waals surface area contributed by atoms with Crippen LogP contribution >= 0.6 is 0 Å². The zero-order chi connectivity index (χ0) is 12.7. The number of pyridine rings is 1. The van der Waals surface area contributed by atoms with Crippen molar-refractivity contribution in [1.82, 2.24) is 0 Å². The van der Waals surface area contributed by atoms with Gasteiger partial charge in [0.05, 0.1) is 6.61 Å². The fourth-order valence-corrected chi connectivity index (χ4v) is 1.76. The van der Waals surface area contributed by atoms with Gasteiger partial charge in [0, 0.05) is 19.1 Å². The van der Waals surface area contributed by atoms with Crippen LogP contribution < -0.4 is 21.5 Å². The van der Waals surface area contributed by atoms with Crippen LogP contribution in [0.3, 0.4) is 0 Å². The molecular weight excluding hydrogens is 294 g/mol. The maximum absolute atomic E-state index is 11.4. The van der Waals surface area contributed by atoms with Gasteiger partial charge in [-0.1, -0.05) is 13.3 Å². The van der Waals surface area contributed by atoms with Crippen molar-refractivity contribution in [1.29, 1.82) is 0 Å². The van der Waals surface area contributed by atoms with Crippen LogP contribution in [0.4, 0.5) is 0 Å². The number of aromatic nitrogens is 1. The lowest BCUT2D eigenvalue weighted by Crippen LogP contribution is -3.00. The molecular formula is C14H22BrNO2. The number of unbranched alkanes of at least 4 members (excludes halogenated alkanes) is 1. The fraction of sp³-hybridized carbons (Fsp3) is 0.571. The van der Waals surface area contributed by atoms with Crippen molar-refractivity contribution in [2.24, 2.45) is 0 Å². The van der Waals surface area contributed by atoms with E-state index in [2.05, 4.69) is 19.1 Å². The molecule has 0 spiro atoms. The third kappa shape index (κ3) is 5.63. The molecule has 0 bridgehead atoms. The summed E-state index contributed by atoms with van der Waals surface area (Å²) in [4.78, 5) is 11.4. The largest absolute Gasteiger partial charge is 1.00 e. The molecule has 4 heteroatoms. The number of rotatable bonds is 6. The number of aryl methyl sites for hydroxylation is 2. The molecule has 3 nitrogen and oxygen atoms in total. The zero-order valence-electron chi connectivity index (χ0n) is 11.4. The first kappa shape index (κ1) is 17.1. The minimum atomic E-state index is -0.179. The summed E-state index contributed by atoms with van der Waals surface area (Å²) in [5, 5.41) is 0. The molecule has 0 amide bonds. The molecule has 1 heterocycles. The Balaban J connectivity index is 0.00000289. The van der Waals surface area contributed by atoms with Gasteiger partial charge in [0.15, 0.2) is 11.9 Å². The molecule has 102 valence electrons. The Labute approximate surface area is 120 Å². The predicted octanol–water partition coefficient (Wildman–Crippen LogP) is -0.808. The quantitative estimate of drug-likeness (QED) is 0.508. The summed E-state index contributed by atoms with van der Waals surface area (Å²) in [6.07, 6.45) is 5.49. The van der Waals surface area contributed by atoms with Crippen molar-refractivity contribution in [3.8, 4) is 0 Å². The van der Waals surface area contributed by atoms with E-state index in [1.807, 2.05) is 24.6 Å². The molecule has 0 aliphatic carbocycles. The Morgan fingerprint density at radius 1 is 1.39 bits per heavy atom. The number of carbonyl (C=O) groups is 1. The van der Waals surface area contributed by atoms with Crippen LogP contribution in [0.15, 0.2) is 18.3 Å². The van der Waals surface area contributed by atoms with Crippen molar-refractivity contribution in [2.75, 3.05) is 6.61 Å². The number of esters is 1. The molecule has 0 saturated carbocycles. The van der Waals surface area contributed by atoms with Gasteiger partial charge in [-0.3, -0.25) is 0 Å². The van der Waals surface area contributed by atoms with Gasteiger partial charge >= 0.3 is 5.97 Å². The molecule has 0 unspecified atom stereocenters. The number of nitrogens with zero attached hydrogens (tertiary/aromatic N) is 1. The van der Waals surface area contributed by atoms with Gasteiger partial charge in [0.1, 0.15) is 0 Å². The molecule has 1 rings (SSSR count). The van der Waals surface area contributed by atoms with Crippen molar-refractivity contribution < 1.29 is 31.1 Å². The monoisotopic (exact) mass is 315 g/mol. The van der Waals surface area contributed by atoms with E-state index >= 15 is 0 Å². The topological polar surface area (TPSA) is 30.2 Å². The number of carbonyl (C=O) groups excluding carboxylic acids is 1. The van der Waals surface area contributed by atoms with E-state index in [9.17, 15) is 4.79 Å². The molecule has 0 aliphatic heterocycles. The summed E-state index contributed by atoms with van der Waals surface area (Å²) >= 11 is 0. The van der Waals surface area contributed by atoms with E-state index in [4.69, 9.17) is 4.74 Å². The van der Waals surface area contributed by atoms with Crippen molar-refractivity contribution >= 4 is 5.97 Å². The molecule has 0 N–H and O–H groups in total. The number of ether oxygens (including phenoxy) is 1. The van der Waals surface area contributed by atoms with E-state index in [0.717, 1.165) is 12.1 Å². The molecule has 0 fully saturated rings. The molecule has 1 aromatic heterocycles. The number of hydrogen-bond acceptors (Lipinski definition) is 2. The standard InChI is InChI=1S/C14H22NO2.BrH/c1-4-6-7-13-8-9-15(12(3)10-13)11-14(16)17-5-2;/h8-10H,4-7,11H2,1-3H3;1H/q+1;/p-1. The number of halogens is 1. The Kier molecular flexibility index (Phi) is 8.63. The van der Waals surface area contributed by atoms with Gasteiger partial charge in [-0.05, 0) is 25.3 Å². The minimum Gasteiger partial charge on any atom is -1.00 e. The Morgan fingerprint density at radius 3 is 2.67 bits per heavy atom. The molecule has 18 heavy (non-hydrogen) atoms. The number of hydrogen-bond donors (Lipinski definition) is 0. The van der Waals surface area contributed by atoms with E-state index in [1.165, 1.54) is 18.4 Å². The van der Waals surface area contributed by atoms with Crippen LogP contribution in [-0.4, -0.2) is 12.6 Å². The SMILES string of the molecule is CCCCc1cc[n+](CC(=O)OCC)c(C)c1.[Br-]. The van der Waals surface area contributed by atoms with Gasteiger partial charge in [-0.25, -0.2) is 4.79 Å². The van der Waals surface area contributed by atoms with Gasteiger partial charge < -0.3 is 21.7 Å². The summed E-state index contributed by atoms with van der Waals surface area (Å²) in [6, 6.07) is 4.23. The normalized spacial score (nSPS) is 9.72. The van der Waals surface area contributed by atoms with Crippen molar-refractivity contribution in [2.45, 2.75) is 46.6 Å². The highest BCUT2D eigenvalue weighted by molar-refractivity contribution is 5.67. The van der Waals surface area contributed by atoms with Crippen molar-refractivity contribution in [3.05, 3.63) is 29.6 Å². The lowest BCUT2D eigenvalue weighted by atomic mass is 10.1. The van der Waals surface area contributed by atoms with E-state index in [-0.39, 0.29) is 23.0 Å². The highest BCUT2D eigenvalue weighted by Crippen LogP contribution is 2.04. The second-order valence-electron chi connectivity index (χ2n) is 4.21. The van der Waals surface area contributed by atoms with Crippen LogP contribution in [0, 0.1) is 6.92 Å². The van der Waals surface area contributed by atoms with E-state index < -0.39 is 0 Å². The van der Waals surface area contributed by atoms with Crippen LogP contribution in [0.1, 0.15) is 37.9 Å². The van der Waals surface area contributed by atoms with Gasteiger partial charge in [-0.15, -0.1) is 0 Å². The summed E-state index contributed by atoms with van der Waals surface area (Å²) in [5.41, 5.74) is 2.44. The summed E-state index contributed by atoms with van der Waals surface area (Å²) < 4.78 is 6.86. The molecule has 0 aliphatic rings. The van der Waals surface area contributed by atoms with Crippen LogP contribution in [0.2, 0.25) is 0 Å². The maximum Gasteiger partial charge on any atom is 0.372 e. The lowest BCUT2D eigenvalue weighted by molar-refractivity contribution is -0.692. The van der Waals surface area contributed by atoms with Gasteiger partial charge in [0.25, 0.3) is 0 Å². The lowest BCUT2D eigenvalue weighted by Gasteiger charge is -2.03. The average Bonchev–Trinajstić information content (AvgIpc) is 2.30. The predicted molar refractivity (Wildman–Crippen MR) is 66.6 cm³/mol. The summed E-state index contributed by atoms with van der Waals surface area (Å²) in [7, 11) is 0. The molecule has 0 radical (unpaired) electrons. The third-order valence-corrected chi connectivity index (χ3v) is 2.74. The first-order valence-corrected chi connectivity index (χ1v) is 6.32. The highest BCUT2D eigenvalue weighted by atomic mass is 79.9. The second kappa shape index (κ2) is 9.09. The van der Waals surface area contributed by atoms with Crippen LogP contribution in [-0.2, 0) is 22.5 Å². The zero-order valence-corrected chi connectivity index (χ0v) is 13.0. The molecule has 0 saturated heterocycles. The molecule has 1 aromatic rings. The van der Waals surface area contributed by atoms with E-state index in [1.54, 1.807) is 0 Å². The van der Waals surface area contributed by atoms with Crippen LogP contribution in [0.25, 0.3) is 0 Å². The molecule has 0 atom stereocenters. The first-order valence-electron chi connectivity index (χ1n) is 6.32. The smallest absolute Gasteiger partial charge is 0.372 e. The second-order valence-corrected chi connectivity index (χ2v) is 4.21. The Morgan fingerprint density at radius 2 is 2.11 bits per heavy atom. The maximum atomic E-state index is 11.4. The van der Waals surface area contributed by atoms with Gasteiger partial charge in [-0.2, -0.15) is 4.57 Å².